The predicted octanol–water partition coefficient (Wildman–Crippen LogP) is 0.828. The molecule has 0 saturated heterocycles. The lowest BCUT2D eigenvalue weighted by molar-refractivity contribution is 0.0949. The van der Waals surface area contributed by atoms with E-state index in [4.69, 9.17) is 5.11 Å². The van der Waals surface area contributed by atoms with Gasteiger partial charge in [-0.1, -0.05) is 0 Å². The number of nitrogens with one attached hydrogen (secondary N) is 1. The molecule has 2 N–H and O–H groups in total. The van der Waals surface area contributed by atoms with E-state index in [0.717, 1.165) is 4.31 Å². The minimum atomic E-state index is -3.48. The molecule has 1 aromatic rings. The lowest BCUT2D eigenvalue weighted by Crippen LogP contribution is -2.25. The van der Waals surface area contributed by atoms with E-state index in [0.29, 0.717) is 24.9 Å². The molecule has 21 heavy (non-hydrogen) atoms. The molecule has 0 fully saturated rings. The summed E-state index contributed by atoms with van der Waals surface area (Å²) in [5.74, 6) is -0.255. The largest absolute Gasteiger partial charge is 0.393 e. The molecule has 1 aromatic carbocycles. The van der Waals surface area contributed by atoms with E-state index in [1.807, 2.05) is 0 Å². The van der Waals surface area contributed by atoms with E-state index in [9.17, 15) is 13.2 Å². The lowest BCUT2D eigenvalue weighted by Gasteiger charge is -2.11. The Morgan fingerprint density at radius 1 is 1.29 bits per heavy atom. The van der Waals surface area contributed by atoms with Crippen LogP contribution in [0.25, 0.3) is 0 Å². The van der Waals surface area contributed by atoms with Gasteiger partial charge in [-0.3, -0.25) is 4.79 Å². The number of amides is 1. The highest BCUT2D eigenvalue weighted by atomic mass is 32.2. The van der Waals surface area contributed by atoms with E-state index in [1.165, 1.54) is 38.4 Å². The standard InChI is InChI=1S/C14H22N2O4S/c1-11(17)5-4-10-15-14(18)12-6-8-13(9-7-12)21(19,20)16(2)3/h6-9,11,17H,4-5,10H2,1-3H3,(H,15,18). The van der Waals surface area contributed by atoms with Crippen LogP contribution in [0.15, 0.2) is 29.2 Å². The molecule has 1 atom stereocenters. The molecule has 0 saturated carbocycles. The van der Waals surface area contributed by atoms with Crippen LogP contribution in [0.4, 0.5) is 0 Å². The molecule has 0 bridgehead atoms. The van der Waals surface area contributed by atoms with Crippen LogP contribution in [-0.4, -0.2) is 50.5 Å². The van der Waals surface area contributed by atoms with Gasteiger partial charge in [0.25, 0.3) is 5.91 Å². The van der Waals surface area contributed by atoms with Gasteiger partial charge in [0.15, 0.2) is 0 Å². The summed E-state index contributed by atoms with van der Waals surface area (Å²) in [4.78, 5) is 12.0. The molecule has 0 aliphatic rings. The first-order valence-electron chi connectivity index (χ1n) is 6.74. The summed E-state index contributed by atoms with van der Waals surface area (Å²) in [5.41, 5.74) is 0.407. The fourth-order valence-electron chi connectivity index (χ4n) is 1.69. The van der Waals surface area contributed by atoms with Gasteiger partial charge in [-0.05, 0) is 44.0 Å². The Labute approximate surface area is 125 Å². The van der Waals surface area contributed by atoms with Gasteiger partial charge in [0.2, 0.25) is 10.0 Å². The van der Waals surface area contributed by atoms with Crippen LogP contribution in [0.5, 0.6) is 0 Å². The van der Waals surface area contributed by atoms with Crippen LogP contribution in [0.2, 0.25) is 0 Å². The van der Waals surface area contributed by atoms with Crippen LogP contribution in [0, 0.1) is 0 Å². The average molecular weight is 314 g/mol. The number of benzene rings is 1. The Kier molecular flexibility index (Phi) is 6.32. The second-order valence-corrected chi connectivity index (χ2v) is 7.21. The zero-order valence-electron chi connectivity index (χ0n) is 12.5. The van der Waals surface area contributed by atoms with E-state index in [1.54, 1.807) is 6.92 Å². The van der Waals surface area contributed by atoms with Crippen molar-refractivity contribution in [3.63, 3.8) is 0 Å². The van der Waals surface area contributed by atoms with Crippen molar-refractivity contribution in [2.24, 2.45) is 0 Å². The Hall–Kier alpha value is -1.44. The van der Waals surface area contributed by atoms with Gasteiger partial charge >= 0.3 is 0 Å². The molecule has 118 valence electrons. The molecule has 7 heteroatoms. The fourth-order valence-corrected chi connectivity index (χ4v) is 2.59. The summed E-state index contributed by atoms with van der Waals surface area (Å²) in [7, 11) is -0.563. The van der Waals surface area contributed by atoms with E-state index < -0.39 is 10.0 Å². The van der Waals surface area contributed by atoms with Crippen LogP contribution >= 0.6 is 0 Å². The van der Waals surface area contributed by atoms with Crippen molar-refractivity contribution in [2.75, 3.05) is 20.6 Å². The van der Waals surface area contributed by atoms with E-state index in [-0.39, 0.29) is 16.9 Å². The summed E-state index contributed by atoms with van der Waals surface area (Å²) in [6.07, 6.45) is 0.939. The second kappa shape index (κ2) is 7.53. The quantitative estimate of drug-likeness (QED) is 0.730. The van der Waals surface area contributed by atoms with Gasteiger partial charge in [-0.2, -0.15) is 0 Å². The summed E-state index contributed by atoms with van der Waals surface area (Å²) in [6.45, 7) is 2.17. The number of nitrogens with zero attached hydrogens (tertiary/aromatic N) is 1. The zero-order chi connectivity index (χ0) is 16.0. The number of sulfonamides is 1. The first kappa shape index (κ1) is 17.6. The van der Waals surface area contributed by atoms with Gasteiger partial charge in [0, 0.05) is 26.2 Å². The molecule has 6 nitrogen and oxygen atoms in total. The Balaban J connectivity index is 2.64. The van der Waals surface area contributed by atoms with Crippen LogP contribution in [0.1, 0.15) is 30.1 Å². The van der Waals surface area contributed by atoms with Crippen LogP contribution < -0.4 is 5.32 Å². The van der Waals surface area contributed by atoms with Gasteiger partial charge in [0.1, 0.15) is 0 Å². The second-order valence-electron chi connectivity index (χ2n) is 5.06. The normalized spacial score (nSPS) is 13.2. The van der Waals surface area contributed by atoms with Crippen molar-refractivity contribution in [3.05, 3.63) is 29.8 Å². The summed E-state index contributed by atoms with van der Waals surface area (Å²) in [6, 6.07) is 5.81. The lowest BCUT2D eigenvalue weighted by atomic mass is 10.2. The highest BCUT2D eigenvalue weighted by Gasteiger charge is 2.17. The summed E-state index contributed by atoms with van der Waals surface area (Å²) < 4.78 is 24.9. The Morgan fingerprint density at radius 3 is 2.33 bits per heavy atom. The third kappa shape index (κ3) is 5.11. The smallest absolute Gasteiger partial charge is 0.251 e. The first-order valence-corrected chi connectivity index (χ1v) is 8.18. The topological polar surface area (TPSA) is 86.7 Å². The third-order valence-corrected chi connectivity index (χ3v) is 4.81. The van der Waals surface area contributed by atoms with Crippen molar-refractivity contribution < 1.29 is 18.3 Å². The minimum Gasteiger partial charge on any atom is -0.393 e. The van der Waals surface area contributed by atoms with Gasteiger partial charge in [-0.25, -0.2) is 12.7 Å². The van der Waals surface area contributed by atoms with Gasteiger partial charge in [-0.15, -0.1) is 0 Å². The number of carbonyl (C=O) groups excluding carboxylic acids is 1. The zero-order valence-corrected chi connectivity index (χ0v) is 13.4. The molecular weight excluding hydrogens is 292 g/mol. The van der Waals surface area contributed by atoms with E-state index >= 15 is 0 Å². The molecule has 1 amide bonds. The number of aliphatic hydroxyl groups is 1. The Bertz CT molecular complexity index is 565. The molecule has 0 heterocycles. The number of hydrogen-bond acceptors (Lipinski definition) is 4. The monoisotopic (exact) mass is 314 g/mol. The number of rotatable bonds is 7. The Morgan fingerprint density at radius 2 is 1.86 bits per heavy atom. The van der Waals surface area contributed by atoms with Crippen molar-refractivity contribution >= 4 is 15.9 Å². The maximum absolute atomic E-state index is 11.9. The van der Waals surface area contributed by atoms with Gasteiger partial charge in [0.05, 0.1) is 11.0 Å². The maximum atomic E-state index is 11.9. The molecule has 0 aliphatic carbocycles. The molecule has 0 radical (unpaired) electrons. The van der Waals surface area contributed by atoms with E-state index in [2.05, 4.69) is 5.32 Å². The number of hydrogen-bond donors (Lipinski definition) is 2. The minimum absolute atomic E-state index is 0.151. The SMILES string of the molecule is CC(O)CCCNC(=O)c1ccc(S(=O)(=O)N(C)C)cc1. The van der Waals surface area contributed by atoms with Gasteiger partial charge < -0.3 is 10.4 Å². The summed E-state index contributed by atoms with van der Waals surface area (Å²) in [5, 5.41) is 11.8. The van der Waals surface area contributed by atoms with Crippen molar-refractivity contribution in [3.8, 4) is 0 Å². The summed E-state index contributed by atoms with van der Waals surface area (Å²) >= 11 is 0. The predicted molar refractivity (Wildman–Crippen MR) is 80.6 cm³/mol. The van der Waals surface area contributed by atoms with Crippen molar-refractivity contribution in [1.82, 2.24) is 9.62 Å². The van der Waals surface area contributed by atoms with Crippen LogP contribution in [-0.2, 0) is 10.0 Å². The molecule has 0 aliphatic heterocycles. The number of aliphatic hydroxyl groups excluding tert-OH is 1. The third-order valence-electron chi connectivity index (χ3n) is 2.98. The first-order chi connectivity index (χ1) is 9.75. The molecule has 0 aromatic heterocycles. The fraction of sp³-hybridized carbons (Fsp3) is 0.500. The number of carbonyl (C=O) groups is 1. The van der Waals surface area contributed by atoms with Crippen molar-refractivity contribution in [2.45, 2.75) is 30.8 Å². The molecule has 1 rings (SSSR count). The molecule has 1 unspecified atom stereocenters. The molecule has 0 spiro atoms. The maximum Gasteiger partial charge on any atom is 0.251 e. The van der Waals surface area contributed by atoms with Crippen molar-refractivity contribution in [1.29, 1.82) is 0 Å². The average Bonchev–Trinajstić information content (AvgIpc) is 2.43. The molecular formula is C14H22N2O4S. The highest BCUT2D eigenvalue weighted by molar-refractivity contribution is 7.89. The van der Waals surface area contributed by atoms with Crippen LogP contribution in [0.3, 0.4) is 0 Å². The highest BCUT2D eigenvalue weighted by Crippen LogP contribution is 2.13.